The molecule has 0 amide bonds. The lowest BCUT2D eigenvalue weighted by atomic mass is 9.97. The standard InChI is InChI=1S/C7H10F3NO3/c8-7(9,10)6(13)14-5-4(1-2-12)3-11-5/h4-5,11-12H,1-3H2. The molecule has 0 saturated carbocycles. The molecule has 1 rings (SSSR count). The van der Waals surface area contributed by atoms with Crippen LogP contribution in [-0.2, 0) is 9.53 Å². The summed E-state index contributed by atoms with van der Waals surface area (Å²) >= 11 is 0. The van der Waals surface area contributed by atoms with E-state index in [-0.39, 0.29) is 12.5 Å². The molecule has 7 heteroatoms. The quantitative estimate of drug-likeness (QED) is 0.649. The summed E-state index contributed by atoms with van der Waals surface area (Å²) in [5.74, 6) is -2.43. The van der Waals surface area contributed by atoms with E-state index in [0.717, 1.165) is 0 Å². The zero-order chi connectivity index (χ0) is 10.8. The minimum atomic E-state index is -4.96. The summed E-state index contributed by atoms with van der Waals surface area (Å²) in [5, 5.41) is 11.1. The van der Waals surface area contributed by atoms with E-state index in [1.807, 2.05) is 0 Å². The summed E-state index contributed by atoms with van der Waals surface area (Å²) in [7, 11) is 0. The normalized spacial score (nSPS) is 26.9. The van der Waals surface area contributed by atoms with Crippen LogP contribution in [0.25, 0.3) is 0 Å². The fourth-order valence-electron chi connectivity index (χ4n) is 1.12. The minimum absolute atomic E-state index is 0.133. The zero-order valence-electron chi connectivity index (χ0n) is 7.17. The first kappa shape index (κ1) is 11.3. The molecule has 1 saturated heterocycles. The van der Waals surface area contributed by atoms with Crippen LogP contribution in [0.3, 0.4) is 0 Å². The number of nitrogens with one attached hydrogen (secondary N) is 1. The molecule has 1 fully saturated rings. The molecule has 1 aliphatic rings. The SMILES string of the molecule is O=C(OC1NCC1CCO)C(F)(F)F. The summed E-state index contributed by atoms with van der Waals surface area (Å²) in [5.41, 5.74) is 0. The molecule has 0 aromatic heterocycles. The number of aliphatic hydroxyl groups is 1. The van der Waals surface area contributed by atoms with Crippen molar-refractivity contribution in [3.8, 4) is 0 Å². The van der Waals surface area contributed by atoms with Gasteiger partial charge >= 0.3 is 12.1 Å². The van der Waals surface area contributed by atoms with Crippen molar-refractivity contribution in [2.75, 3.05) is 13.2 Å². The van der Waals surface area contributed by atoms with Gasteiger partial charge in [0.2, 0.25) is 0 Å². The Kier molecular flexibility index (Phi) is 3.33. The fourth-order valence-corrected chi connectivity index (χ4v) is 1.12. The maximum absolute atomic E-state index is 11.7. The maximum atomic E-state index is 11.7. The van der Waals surface area contributed by atoms with Gasteiger partial charge in [0.1, 0.15) is 0 Å². The van der Waals surface area contributed by atoms with E-state index in [4.69, 9.17) is 5.11 Å². The largest absolute Gasteiger partial charge is 0.490 e. The Labute approximate surface area is 78.0 Å². The third kappa shape index (κ3) is 2.58. The second kappa shape index (κ2) is 4.14. The van der Waals surface area contributed by atoms with Gasteiger partial charge in [-0.3, -0.25) is 5.32 Å². The van der Waals surface area contributed by atoms with Crippen LogP contribution in [0.5, 0.6) is 0 Å². The Bertz CT molecular complexity index is 219. The molecule has 0 radical (unpaired) electrons. The van der Waals surface area contributed by atoms with Gasteiger partial charge in [-0.25, -0.2) is 4.79 Å². The van der Waals surface area contributed by atoms with Crippen LogP contribution in [0.4, 0.5) is 13.2 Å². The molecule has 0 aromatic rings. The van der Waals surface area contributed by atoms with Crippen molar-refractivity contribution in [1.82, 2.24) is 5.32 Å². The summed E-state index contributed by atoms with van der Waals surface area (Å²) in [6.07, 6.45) is -5.56. The van der Waals surface area contributed by atoms with Gasteiger partial charge in [-0.2, -0.15) is 13.2 Å². The second-order valence-corrected chi connectivity index (χ2v) is 3.00. The number of ether oxygens (including phenoxy) is 1. The van der Waals surface area contributed by atoms with Crippen LogP contribution in [-0.4, -0.2) is 36.6 Å². The van der Waals surface area contributed by atoms with Crippen molar-refractivity contribution in [1.29, 1.82) is 0 Å². The van der Waals surface area contributed by atoms with E-state index in [1.165, 1.54) is 0 Å². The van der Waals surface area contributed by atoms with Crippen LogP contribution < -0.4 is 5.32 Å². The predicted molar refractivity (Wildman–Crippen MR) is 39.1 cm³/mol. The molecular weight excluding hydrogens is 203 g/mol. The summed E-state index contributed by atoms with van der Waals surface area (Å²) in [6.45, 7) is 0.322. The van der Waals surface area contributed by atoms with E-state index < -0.39 is 18.4 Å². The highest BCUT2D eigenvalue weighted by Crippen LogP contribution is 2.23. The zero-order valence-corrected chi connectivity index (χ0v) is 7.17. The Morgan fingerprint density at radius 3 is 2.57 bits per heavy atom. The molecule has 0 bridgehead atoms. The van der Waals surface area contributed by atoms with E-state index in [9.17, 15) is 18.0 Å². The monoisotopic (exact) mass is 213 g/mol. The average molecular weight is 213 g/mol. The van der Waals surface area contributed by atoms with E-state index in [0.29, 0.717) is 13.0 Å². The van der Waals surface area contributed by atoms with Crippen LogP contribution in [0.1, 0.15) is 6.42 Å². The predicted octanol–water partition coefficient (Wildman–Crippen LogP) is 0.0198. The van der Waals surface area contributed by atoms with Crippen molar-refractivity contribution >= 4 is 5.97 Å². The third-order valence-corrected chi connectivity index (χ3v) is 1.97. The molecule has 14 heavy (non-hydrogen) atoms. The molecule has 2 atom stereocenters. The van der Waals surface area contributed by atoms with Gasteiger partial charge in [-0.1, -0.05) is 0 Å². The first-order valence-electron chi connectivity index (χ1n) is 4.07. The number of halogens is 3. The van der Waals surface area contributed by atoms with Crippen molar-refractivity contribution in [3.05, 3.63) is 0 Å². The number of alkyl halides is 3. The highest BCUT2D eigenvalue weighted by atomic mass is 19.4. The fraction of sp³-hybridized carbons (Fsp3) is 0.857. The number of hydrogen-bond donors (Lipinski definition) is 2. The van der Waals surface area contributed by atoms with Gasteiger partial charge in [0.25, 0.3) is 0 Å². The van der Waals surface area contributed by atoms with Crippen molar-refractivity contribution in [2.45, 2.75) is 18.8 Å². The molecule has 2 N–H and O–H groups in total. The number of hydrogen-bond acceptors (Lipinski definition) is 4. The van der Waals surface area contributed by atoms with Crippen LogP contribution >= 0.6 is 0 Å². The summed E-state index contributed by atoms with van der Waals surface area (Å²) < 4.78 is 39.3. The maximum Gasteiger partial charge on any atom is 0.490 e. The number of esters is 1. The molecule has 0 aliphatic carbocycles. The first-order valence-corrected chi connectivity index (χ1v) is 4.07. The molecular formula is C7H10F3NO3. The Morgan fingerprint density at radius 2 is 2.21 bits per heavy atom. The van der Waals surface area contributed by atoms with Crippen molar-refractivity contribution < 1.29 is 27.8 Å². The number of aliphatic hydroxyl groups excluding tert-OH is 1. The molecule has 0 aromatic carbocycles. The molecule has 82 valence electrons. The molecule has 1 aliphatic heterocycles. The Morgan fingerprint density at radius 1 is 1.57 bits per heavy atom. The lowest BCUT2D eigenvalue weighted by molar-refractivity contribution is -0.214. The van der Waals surface area contributed by atoms with E-state index >= 15 is 0 Å². The highest BCUT2D eigenvalue weighted by Gasteiger charge is 2.45. The smallest absolute Gasteiger partial charge is 0.440 e. The van der Waals surface area contributed by atoms with Crippen molar-refractivity contribution in [3.63, 3.8) is 0 Å². The van der Waals surface area contributed by atoms with E-state index in [2.05, 4.69) is 10.1 Å². The highest BCUT2D eigenvalue weighted by molar-refractivity contribution is 5.75. The van der Waals surface area contributed by atoms with Gasteiger partial charge in [0.05, 0.1) is 0 Å². The van der Waals surface area contributed by atoms with Gasteiger partial charge in [0.15, 0.2) is 6.23 Å². The van der Waals surface area contributed by atoms with Crippen molar-refractivity contribution in [2.24, 2.45) is 5.92 Å². The van der Waals surface area contributed by atoms with Gasteiger partial charge in [-0.15, -0.1) is 0 Å². The summed E-state index contributed by atoms with van der Waals surface area (Å²) in [4.78, 5) is 10.4. The molecule has 2 unspecified atom stereocenters. The lowest BCUT2D eigenvalue weighted by Gasteiger charge is -2.36. The molecule has 0 spiro atoms. The lowest BCUT2D eigenvalue weighted by Crippen LogP contribution is -2.56. The molecule has 1 heterocycles. The Balaban J connectivity index is 2.35. The van der Waals surface area contributed by atoms with E-state index in [1.54, 1.807) is 0 Å². The first-order chi connectivity index (χ1) is 6.45. The second-order valence-electron chi connectivity index (χ2n) is 3.00. The number of carbonyl (C=O) groups is 1. The van der Waals surface area contributed by atoms with Crippen LogP contribution in [0.2, 0.25) is 0 Å². The number of carbonyl (C=O) groups excluding carboxylic acids is 1. The topological polar surface area (TPSA) is 58.6 Å². The van der Waals surface area contributed by atoms with Crippen LogP contribution in [0.15, 0.2) is 0 Å². The third-order valence-electron chi connectivity index (χ3n) is 1.97. The van der Waals surface area contributed by atoms with Gasteiger partial charge in [-0.05, 0) is 6.42 Å². The average Bonchev–Trinajstić information content (AvgIpc) is 2.06. The van der Waals surface area contributed by atoms with Crippen LogP contribution in [0, 0.1) is 5.92 Å². The minimum Gasteiger partial charge on any atom is -0.440 e. The molecule has 4 nitrogen and oxygen atoms in total. The van der Waals surface area contributed by atoms with Gasteiger partial charge < -0.3 is 9.84 Å². The number of rotatable bonds is 3. The van der Waals surface area contributed by atoms with Gasteiger partial charge in [0, 0.05) is 19.1 Å². The Hall–Kier alpha value is -0.820. The summed E-state index contributed by atoms with van der Waals surface area (Å²) in [6, 6.07) is 0.